The number of aliphatic hydroxyl groups excluding tert-OH is 1. The Morgan fingerprint density at radius 1 is 1.53 bits per heavy atom. The molecule has 0 saturated carbocycles. The topological polar surface area (TPSA) is 66.8 Å². The second-order valence-electron chi connectivity index (χ2n) is 3.34. The maximum Gasteiger partial charge on any atom is 0.413 e. The highest BCUT2D eigenvalue weighted by Gasteiger charge is 2.55. The Balaban J connectivity index is 3.20. The van der Waals surface area contributed by atoms with Gasteiger partial charge in [-0.15, -0.1) is 0 Å². The molecule has 96 valence electrons. The van der Waals surface area contributed by atoms with Gasteiger partial charge in [-0.1, -0.05) is 0 Å². The van der Waals surface area contributed by atoms with Crippen LogP contribution in [-0.4, -0.2) is 47.8 Å². The number of carbonyl (C=O) groups excluding carboxylic acids is 2. The Bertz CT molecular complexity index is 388. The lowest BCUT2D eigenvalue weighted by Crippen LogP contribution is -2.44. The quantitative estimate of drug-likeness (QED) is 0.738. The van der Waals surface area contributed by atoms with Crippen molar-refractivity contribution in [2.75, 3.05) is 13.7 Å². The number of esters is 1. The van der Waals surface area contributed by atoms with Gasteiger partial charge < -0.3 is 14.7 Å². The summed E-state index contributed by atoms with van der Waals surface area (Å²) in [4.78, 5) is 22.7. The van der Waals surface area contributed by atoms with Crippen molar-refractivity contribution in [3.05, 3.63) is 11.3 Å². The molecule has 0 saturated heterocycles. The second-order valence-corrected chi connectivity index (χ2v) is 3.34. The summed E-state index contributed by atoms with van der Waals surface area (Å²) in [6, 6.07) is -2.46. The van der Waals surface area contributed by atoms with Crippen LogP contribution in [0.4, 0.5) is 13.2 Å². The van der Waals surface area contributed by atoms with Crippen LogP contribution in [0, 0.1) is 0 Å². The summed E-state index contributed by atoms with van der Waals surface area (Å²) in [5.41, 5.74) is -1.06. The van der Waals surface area contributed by atoms with Crippen molar-refractivity contribution in [2.45, 2.75) is 19.1 Å². The molecule has 5 nitrogen and oxygen atoms in total. The van der Waals surface area contributed by atoms with Gasteiger partial charge in [0.15, 0.2) is 11.8 Å². The van der Waals surface area contributed by atoms with E-state index >= 15 is 0 Å². The van der Waals surface area contributed by atoms with Crippen molar-refractivity contribution in [2.24, 2.45) is 0 Å². The fourth-order valence-corrected chi connectivity index (χ4v) is 1.52. The van der Waals surface area contributed by atoms with Gasteiger partial charge in [0.05, 0.1) is 6.61 Å². The number of halogens is 3. The predicted molar refractivity (Wildman–Crippen MR) is 48.9 cm³/mol. The van der Waals surface area contributed by atoms with E-state index < -0.39 is 35.4 Å². The van der Waals surface area contributed by atoms with Gasteiger partial charge in [-0.25, -0.2) is 4.79 Å². The minimum atomic E-state index is -4.85. The summed E-state index contributed by atoms with van der Waals surface area (Å²) in [6.07, 6.45) is -4.85. The standard InChI is InChI=1S/C9H10F3NO4/c1-3-17-8(16)4-5(14)7(15)13(2)6(4)9(10,11)12/h6,14H,3H2,1-2H3. The molecule has 1 rings (SSSR count). The first-order valence-corrected chi connectivity index (χ1v) is 4.66. The van der Waals surface area contributed by atoms with Gasteiger partial charge in [-0.3, -0.25) is 4.79 Å². The Hall–Kier alpha value is -1.73. The van der Waals surface area contributed by atoms with Gasteiger partial charge in [-0.05, 0) is 6.92 Å². The number of amides is 1. The molecule has 0 aromatic rings. The molecule has 1 aliphatic rings. The summed E-state index contributed by atoms with van der Waals surface area (Å²) in [6.45, 7) is 1.25. The lowest BCUT2D eigenvalue weighted by molar-refractivity contribution is -0.176. The zero-order valence-electron chi connectivity index (χ0n) is 9.04. The minimum absolute atomic E-state index is 0.155. The van der Waals surface area contributed by atoms with E-state index in [0.29, 0.717) is 0 Å². The van der Waals surface area contributed by atoms with E-state index in [1.54, 1.807) is 0 Å². The van der Waals surface area contributed by atoms with Crippen LogP contribution >= 0.6 is 0 Å². The van der Waals surface area contributed by atoms with E-state index in [2.05, 4.69) is 4.74 Å². The number of nitrogens with zero attached hydrogens (tertiary/aromatic N) is 1. The van der Waals surface area contributed by atoms with Gasteiger partial charge in [0.1, 0.15) is 5.57 Å². The first-order valence-electron chi connectivity index (χ1n) is 4.66. The van der Waals surface area contributed by atoms with Crippen molar-refractivity contribution in [3.8, 4) is 0 Å². The molecule has 1 N–H and O–H groups in total. The lowest BCUT2D eigenvalue weighted by Gasteiger charge is -2.23. The number of alkyl halides is 3. The van der Waals surface area contributed by atoms with Gasteiger partial charge in [0.2, 0.25) is 0 Å². The number of ether oxygens (including phenoxy) is 1. The van der Waals surface area contributed by atoms with E-state index in [0.717, 1.165) is 7.05 Å². The van der Waals surface area contributed by atoms with Crippen molar-refractivity contribution in [3.63, 3.8) is 0 Å². The molecule has 0 aliphatic carbocycles. The van der Waals surface area contributed by atoms with E-state index in [9.17, 15) is 27.9 Å². The first-order chi connectivity index (χ1) is 7.71. The third-order valence-corrected chi connectivity index (χ3v) is 2.24. The average molecular weight is 253 g/mol. The highest BCUT2D eigenvalue weighted by atomic mass is 19.4. The summed E-state index contributed by atoms with van der Waals surface area (Å²) in [7, 11) is 0.850. The molecule has 0 bridgehead atoms. The molecule has 0 aromatic heterocycles. The van der Waals surface area contributed by atoms with E-state index in [4.69, 9.17) is 0 Å². The fraction of sp³-hybridized carbons (Fsp3) is 0.556. The average Bonchev–Trinajstić information content (AvgIpc) is 2.42. The van der Waals surface area contributed by atoms with Crippen LogP contribution in [0.25, 0.3) is 0 Å². The number of likely N-dealkylation sites (N-methyl/N-ethyl adjacent to an activating group) is 1. The van der Waals surface area contributed by atoms with Crippen molar-refractivity contribution < 1.29 is 32.6 Å². The fourth-order valence-electron chi connectivity index (χ4n) is 1.52. The molecule has 0 radical (unpaired) electrons. The molecule has 0 fully saturated rings. The molecule has 1 amide bonds. The molecule has 1 aliphatic heterocycles. The molecular weight excluding hydrogens is 243 g/mol. The summed E-state index contributed by atoms with van der Waals surface area (Å²) in [5, 5.41) is 9.25. The largest absolute Gasteiger partial charge is 0.503 e. The Labute approximate surface area is 94.5 Å². The SMILES string of the molecule is CCOC(=O)C1=C(O)C(=O)N(C)C1C(F)(F)F. The highest BCUT2D eigenvalue weighted by molar-refractivity contribution is 6.06. The molecule has 1 heterocycles. The number of hydrogen-bond acceptors (Lipinski definition) is 4. The number of rotatable bonds is 2. The van der Waals surface area contributed by atoms with Crippen LogP contribution in [0.1, 0.15) is 6.92 Å². The molecule has 0 spiro atoms. The van der Waals surface area contributed by atoms with E-state index in [1.807, 2.05) is 0 Å². The van der Waals surface area contributed by atoms with Crippen LogP contribution in [0.5, 0.6) is 0 Å². The maximum absolute atomic E-state index is 12.7. The maximum atomic E-state index is 12.7. The van der Waals surface area contributed by atoms with E-state index in [1.165, 1.54) is 6.92 Å². The van der Waals surface area contributed by atoms with Crippen molar-refractivity contribution in [1.82, 2.24) is 4.90 Å². The number of hydrogen-bond donors (Lipinski definition) is 1. The zero-order valence-corrected chi connectivity index (χ0v) is 9.04. The second kappa shape index (κ2) is 4.27. The van der Waals surface area contributed by atoms with Crippen molar-refractivity contribution >= 4 is 11.9 Å². The van der Waals surface area contributed by atoms with Crippen molar-refractivity contribution in [1.29, 1.82) is 0 Å². The van der Waals surface area contributed by atoms with Gasteiger partial charge in [0, 0.05) is 7.05 Å². The van der Waals surface area contributed by atoms with Gasteiger partial charge in [-0.2, -0.15) is 13.2 Å². The first kappa shape index (κ1) is 13.3. The number of carbonyl (C=O) groups is 2. The van der Waals surface area contributed by atoms with Gasteiger partial charge in [0.25, 0.3) is 5.91 Å². The highest BCUT2D eigenvalue weighted by Crippen LogP contribution is 2.36. The molecular formula is C9H10F3NO4. The Kier molecular flexibility index (Phi) is 3.35. The van der Waals surface area contributed by atoms with Crippen LogP contribution < -0.4 is 0 Å². The Morgan fingerprint density at radius 3 is 2.47 bits per heavy atom. The van der Waals surface area contributed by atoms with Crippen LogP contribution in [0.2, 0.25) is 0 Å². The molecule has 1 unspecified atom stereocenters. The van der Waals surface area contributed by atoms with E-state index in [-0.39, 0.29) is 11.5 Å². The predicted octanol–water partition coefficient (Wildman–Crippen LogP) is 0.764. The Morgan fingerprint density at radius 2 is 2.06 bits per heavy atom. The third-order valence-electron chi connectivity index (χ3n) is 2.24. The summed E-state index contributed by atoms with van der Waals surface area (Å²) >= 11 is 0. The van der Waals surface area contributed by atoms with Gasteiger partial charge >= 0.3 is 12.1 Å². The summed E-state index contributed by atoms with van der Waals surface area (Å²) < 4.78 is 42.4. The summed E-state index contributed by atoms with van der Waals surface area (Å²) in [5.74, 6) is -3.81. The van der Waals surface area contributed by atoms with Crippen LogP contribution in [0.15, 0.2) is 11.3 Å². The molecule has 8 heteroatoms. The third kappa shape index (κ3) is 2.20. The monoisotopic (exact) mass is 253 g/mol. The molecule has 17 heavy (non-hydrogen) atoms. The smallest absolute Gasteiger partial charge is 0.413 e. The molecule has 1 atom stereocenters. The lowest BCUT2D eigenvalue weighted by atomic mass is 10.1. The number of aliphatic hydroxyl groups is 1. The van der Waals surface area contributed by atoms with Crippen LogP contribution in [0.3, 0.4) is 0 Å². The minimum Gasteiger partial charge on any atom is -0.503 e. The normalized spacial score (nSPS) is 21.1. The molecule has 0 aromatic carbocycles. The zero-order chi connectivity index (χ0) is 13.4. The van der Waals surface area contributed by atoms with Crippen LogP contribution in [-0.2, 0) is 14.3 Å².